The average molecular weight is 190 g/mol. The number of hydrogen-bond acceptors (Lipinski definition) is 1. The van der Waals surface area contributed by atoms with Gasteiger partial charge in [-0.3, -0.25) is 0 Å². The van der Waals surface area contributed by atoms with Crippen LogP contribution >= 0.6 is 12.4 Å². The van der Waals surface area contributed by atoms with E-state index in [4.69, 9.17) is 5.73 Å². The first-order valence-electron chi connectivity index (χ1n) is 3.17. The summed E-state index contributed by atoms with van der Waals surface area (Å²) < 4.78 is 35.4. The molecule has 2 N–H and O–H groups in total. The van der Waals surface area contributed by atoms with Crippen LogP contribution in [0, 0.1) is 5.92 Å². The first-order chi connectivity index (χ1) is 4.31. The molecule has 0 heterocycles. The van der Waals surface area contributed by atoms with E-state index in [1.54, 1.807) is 6.92 Å². The van der Waals surface area contributed by atoms with Crippen molar-refractivity contribution in [2.24, 2.45) is 11.7 Å². The van der Waals surface area contributed by atoms with Gasteiger partial charge in [-0.1, -0.05) is 0 Å². The standard InChI is InChI=1S/C6H10F3N.ClH/c1-5(10)2-4(3-5)6(7,8)9;/h4H,2-3,10H2,1H3;1H. The maximum absolute atomic E-state index is 11.8. The highest BCUT2D eigenvalue weighted by Crippen LogP contribution is 2.45. The predicted molar refractivity (Wildman–Crippen MR) is 38.6 cm³/mol. The number of rotatable bonds is 0. The summed E-state index contributed by atoms with van der Waals surface area (Å²) >= 11 is 0. The SMILES string of the molecule is CC1(N)CC(C(F)(F)F)C1.Cl. The van der Waals surface area contributed by atoms with E-state index >= 15 is 0 Å². The molecule has 0 bridgehead atoms. The normalized spacial score (nSPS) is 37.4. The zero-order valence-electron chi connectivity index (χ0n) is 6.11. The van der Waals surface area contributed by atoms with Crippen LogP contribution in [0.1, 0.15) is 19.8 Å². The van der Waals surface area contributed by atoms with Crippen molar-refractivity contribution in [1.82, 2.24) is 0 Å². The second kappa shape index (κ2) is 2.83. The molecule has 0 atom stereocenters. The molecular weight excluding hydrogens is 179 g/mol. The summed E-state index contributed by atoms with van der Waals surface area (Å²) in [5.41, 5.74) is 4.84. The molecule has 0 aromatic heterocycles. The van der Waals surface area contributed by atoms with Gasteiger partial charge in [-0.15, -0.1) is 12.4 Å². The third-order valence-corrected chi connectivity index (χ3v) is 1.89. The van der Waals surface area contributed by atoms with E-state index in [1.807, 2.05) is 0 Å². The molecule has 0 spiro atoms. The van der Waals surface area contributed by atoms with Crippen LogP contribution in [0.5, 0.6) is 0 Å². The van der Waals surface area contributed by atoms with Crippen LogP contribution in [0.4, 0.5) is 13.2 Å². The summed E-state index contributed by atoms with van der Waals surface area (Å²) in [6.07, 6.45) is -3.87. The molecule has 0 saturated heterocycles. The van der Waals surface area contributed by atoms with E-state index in [0.29, 0.717) is 0 Å². The Morgan fingerprint density at radius 3 is 1.82 bits per heavy atom. The molecular formula is C6H11ClF3N. The molecule has 0 aliphatic heterocycles. The third kappa shape index (κ3) is 2.52. The summed E-state index contributed by atoms with van der Waals surface area (Å²) in [4.78, 5) is 0. The van der Waals surface area contributed by atoms with Gasteiger partial charge >= 0.3 is 6.18 Å². The minimum Gasteiger partial charge on any atom is -0.325 e. The van der Waals surface area contributed by atoms with E-state index in [0.717, 1.165) is 0 Å². The third-order valence-electron chi connectivity index (χ3n) is 1.89. The van der Waals surface area contributed by atoms with Crippen molar-refractivity contribution in [1.29, 1.82) is 0 Å². The summed E-state index contributed by atoms with van der Waals surface area (Å²) in [7, 11) is 0. The fourth-order valence-electron chi connectivity index (χ4n) is 1.30. The lowest BCUT2D eigenvalue weighted by molar-refractivity contribution is -0.206. The summed E-state index contributed by atoms with van der Waals surface area (Å²) in [5.74, 6) is -1.15. The molecule has 0 unspecified atom stereocenters. The molecule has 1 nitrogen and oxygen atoms in total. The van der Waals surface area contributed by atoms with Crippen LogP contribution < -0.4 is 5.73 Å². The van der Waals surface area contributed by atoms with Gasteiger partial charge in [-0.05, 0) is 19.8 Å². The van der Waals surface area contributed by atoms with Crippen molar-refractivity contribution < 1.29 is 13.2 Å². The Bertz CT molecular complexity index is 135. The highest BCUT2D eigenvalue weighted by atomic mass is 35.5. The lowest BCUT2D eigenvalue weighted by atomic mass is 9.70. The summed E-state index contributed by atoms with van der Waals surface area (Å²) in [6, 6.07) is 0. The minimum absolute atomic E-state index is 0. The second-order valence-electron chi connectivity index (χ2n) is 3.30. The molecule has 1 aliphatic rings. The smallest absolute Gasteiger partial charge is 0.325 e. The van der Waals surface area contributed by atoms with Gasteiger partial charge in [0.15, 0.2) is 0 Å². The molecule has 0 aromatic rings. The second-order valence-corrected chi connectivity index (χ2v) is 3.30. The van der Waals surface area contributed by atoms with Gasteiger partial charge < -0.3 is 5.73 Å². The molecule has 68 valence electrons. The van der Waals surface area contributed by atoms with Crippen LogP contribution in [0.25, 0.3) is 0 Å². The van der Waals surface area contributed by atoms with Crippen molar-refractivity contribution >= 4 is 12.4 Å². The van der Waals surface area contributed by atoms with Crippen molar-refractivity contribution in [3.05, 3.63) is 0 Å². The van der Waals surface area contributed by atoms with Crippen molar-refractivity contribution in [3.8, 4) is 0 Å². The number of hydrogen-bond donors (Lipinski definition) is 1. The van der Waals surface area contributed by atoms with Crippen molar-refractivity contribution in [3.63, 3.8) is 0 Å². The Kier molecular flexibility index (Phi) is 2.84. The molecule has 1 aliphatic carbocycles. The maximum Gasteiger partial charge on any atom is 0.391 e. The molecule has 0 radical (unpaired) electrons. The molecule has 1 fully saturated rings. The molecule has 1 saturated carbocycles. The van der Waals surface area contributed by atoms with Crippen LogP contribution in [0.2, 0.25) is 0 Å². The Morgan fingerprint density at radius 2 is 1.73 bits per heavy atom. The van der Waals surface area contributed by atoms with Crippen LogP contribution in [0.3, 0.4) is 0 Å². The molecule has 0 aromatic carbocycles. The van der Waals surface area contributed by atoms with Gasteiger partial charge in [0.2, 0.25) is 0 Å². The van der Waals surface area contributed by atoms with E-state index in [-0.39, 0.29) is 25.2 Å². The van der Waals surface area contributed by atoms with Crippen LogP contribution in [-0.4, -0.2) is 11.7 Å². The Morgan fingerprint density at radius 1 is 1.36 bits per heavy atom. The Labute approximate surface area is 69.5 Å². The molecule has 11 heavy (non-hydrogen) atoms. The summed E-state index contributed by atoms with van der Waals surface area (Å²) in [6.45, 7) is 1.65. The van der Waals surface area contributed by atoms with E-state index in [9.17, 15) is 13.2 Å². The van der Waals surface area contributed by atoms with E-state index < -0.39 is 17.6 Å². The van der Waals surface area contributed by atoms with Gasteiger partial charge in [0.1, 0.15) is 0 Å². The van der Waals surface area contributed by atoms with Crippen molar-refractivity contribution in [2.75, 3.05) is 0 Å². The van der Waals surface area contributed by atoms with Gasteiger partial charge in [0, 0.05) is 5.54 Å². The number of alkyl halides is 3. The molecule has 5 heteroatoms. The minimum atomic E-state index is -4.03. The van der Waals surface area contributed by atoms with E-state index in [2.05, 4.69) is 0 Å². The first-order valence-corrected chi connectivity index (χ1v) is 3.17. The highest BCUT2D eigenvalue weighted by molar-refractivity contribution is 5.85. The molecule has 0 amide bonds. The Balaban J connectivity index is 0.000001000. The zero-order valence-corrected chi connectivity index (χ0v) is 6.93. The number of halogens is 4. The summed E-state index contributed by atoms with van der Waals surface area (Å²) in [5, 5.41) is 0. The molecule has 1 rings (SSSR count). The monoisotopic (exact) mass is 189 g/mol. The van der Waals surface area contributed by atoms with Gasteiger partial charge in [-0.2, -0.15) is 13.2 Å². The average Bonchev–Trinajstić information content (AvgIpc) is 1.56. The fraction of sp³-hybridized carbons (Fsp3) is 1.00. The predicted octanol–water partition coefficient (Wildman–Crippen LogP) is 2.10. The first kappa shape index (κ1) is 11.0. The highest BCUT2D eigenvalue weighted by Gasteiger charge is 2.51. The lowest BCUT2D eigenvalue weighted by Crippen LogP contribution is -2.53. The van der Waals surface area contributed by atoms with Crippen LogP contribution in [0.15, 0.2) is 0 Å². The zero-order chi connectivity index (χ0) is 7.99. The quantitative estimate of drug-likeness (QED) is 0.621. The topological polar surface area (TPSA) is 26.0 Å². The maximum atomic E-state index is 11.8. The van der Waals surface area contributed by atoms with Gasteiger partial charge in [-0.25, -0.2) is 0 Å². The largest absolute Gasteiger partial charge is 0.391 e. The van der Waals surface area contributed by atoms with Crippen molar-refractivity contribution in [2.45, 2.75) is 31.5 Å². The van der Waals surface area contributed by atoms with E-state index in [1.165, 1.54) is 0 Å². The Hall–Kier alpha value is 0.0400. The van der Waals surface area contributed by atoms with Crippen LogP contribution in [-0.2, 0) is 0 Å². The fourth-order valence-corrected chi connectivity index (χ4v) is 1.30. The van der Waals surface area contributed by atoms with Gasteiger partial charge in [0.25, 0.3) is 0 Å². The van der Waals surface area contributed by atoms with Gasteiger partial charge in [0.05, 0.1) is 5.92 Å². The number of nitrogens with two attached hydrogens (primary N) is 1. The lowest BCUT2D eigenvalue weighted by Gasteiger charge is -2.42.